The number of amides is 1. The number of nitro benzene ring substituents is 1. The van der Waals surface area contributed by atoms with Gasteiger partial charge in [0.1, 0.15) is 17.6 Å². The highest BCUT2D eigenvalue weighted by atomic mass is 16.6. The number of ketones is 1. The maximum absolute atomic E-state index is 13.2. The van der Waals surface area contributed by atoms with Crippen molar-refractivity contribution in [1.82, 2.24) is 0 Å². The molecule has 0 saturated carbocycles. The Morgan fingerprint density at radius 3 is 2.24 bits per heavy atom. The first-order valence-electron chi connectivity index (χ1n) is 10.1. The van der Waals surface area contributed by atoms with Crippen molar-refractivity contribution in [3.63, 3.8) is 0 Å². The molecule has 1 saturated heterocycles. The summed E-state index contributed by atoms with van der Waals surface area (Å²) in [6.07, 6.45) is 0. The molecule has 3 aromatic rings. The Bertz CT molecular complexity index is 1280. The van der Waals surface area contributed by atoms with Gasteiger partial charge in [0.15, 0.2) is 0 Å². The number of nitro groups is 1. The molecular formula is C25H20N2O6. The molecule has 4 rings (SSSR count). The second kappa shape index (κ2) is 8.58. The molecule has 1 unspecified atom stereocenters. The lowest BCUT2D eigenvalue weighted by atomic mass is 9.94. The zero-order valence-electron chi connectivity index (χ0n) is 17.9. The van der Waals surface area contributed by atoms with Crippen LogP contribution in [0.5, 0.6) is 5.75 Å². The Kier molecular flexibility index (Phi) is 5.66. The molecule has 0 bridgehead atoms. The Balaban J connectivity index is 1.98. The fraction of sp³-hybridized carbons (Fsp3) is 0.120. The van der Waals surface area contributed by atoms with Crippen LogP contribution in [-0.2, 0) is 9.59 Å². The molecule has 33 heavy (non-hydrogen) atoms. The first-order valence-corrected chi connectivity index (χ1v) is 10.1. The van der Waals surface area contributed by atoms with Crippen molar-refractivity contribution < 1.29 is 24.4 Å². The van der Waals surface area contributed by atoms with Crippen LogP contribution in [0.1, 0.15) is 22.7 Å². The van der Waals surface area contributed by atoms with Gasteiger partial charge >= 0.3 is 0 Å². The summed E-state index contributed by atoms with van der Waals surface area (Å²) in [5, 5.41) is 22.9. The minimum Gasteiger partial charge on any atom is -0.507 e. The van der Waals surface area contributed by atoms with Crippen molar-refractivity contribution in [2.24, 2.45) is 0 Å². The number of benzene rings is 3. The minimum atomic E-state index is -1.18. The number of aryl methyl sites for hydroxylation is 1. The highest BCUT2D eigenvalue weighted by molar-refractivity contribution is 6.51. The highest BCUT2D eigenvalue weighted by Gasteiger charge is 2.48. The zero-order chi connectivity index (χ0) is 23.7. The predicted octanol–water partition coefficient (Wildman–Crippen LogP) is 4.54. The normalized spacial score (nSPS) is 17.3. The molecule has 1 heterocycles. The monoisotopic (exact) mass is 444 g/mol. The molecule has 0 radical (unpaired) electrons. The van der Waals surface area contributed by atoms with Gasteiger partial charge in [-0.05, 0) is 49.4 Å². The highest BCUT2D eigenvalue weighted by Crippen LogP contribution is 2.44. The number of methoxy groups -OCH3 is 1. The van der Waals surface area contributed by atoms with E-state index in [1.165, 1.54) is 30.2 Å². The van der Waals surface area contributed by atoms with E-state index >= 15 is 0 Å². The van der Waals surface area contributed by atoms with E-state index < -0.39 is 28.4 Å². The molecule has 8 heteroatoms. The van der Waals surface area contributed by atoms with Gasteiger partial charge < -0.3 is 9.84 Å². The number of carbonyl (C=O) groups is 2. The average Bonchev–Trinajstić information content (AvgIpc) is 3.09. The van der Waals surface area contributed by atoms with Gasteiger partial charge in [0.2, 0.25) is 0 Å². The molecule has 1 aliphatic rings. The minimum absolute atomic E-state index is 0.123. The van der Waals surface area contributed by atoms with Gasteiger partial charge in [-0.25, -0.2) is 0 Å². The molecule has 3 aromatic carbocycles. The number of rotatable bonds is 5. The van der Waals surface area contributed by atoms with E-state index in [-0.39, 0.29) is 22.4 Å². The molecular weight excluding hydrogens is 424 g/mol. The lowest BCUT2D eigenvalue weighted by molar-refractivity contribution is -0.385. The Hall–Kier alpha value is -4.46. The average molecular weight is 444 g/mol. The van der Waals surface area contributed by atoms with E-state index in [0.717, 1.165) is 5.56 Å². The van der Waals surface area contributed by atoms with Crippen molar-refractivity contribution in [3.05, 3.63) is 105 Å². The summed E-state index contributed by atoms with van der Waals surface area (Å²) in [4.78, 5) is 38.7. The number of nitrogens with zero attached hydrogens (tertiary/aromatic N) is 2. The lowest BCUT2D eigenvalue weighted by Crippen LogP contribution is -2.29. The number of hydrogen-bond acceptors (Lipinski definition) is 6. The lowest BCUT2D eigenvalue weighted by Gasteiger charge is -2.25. The Labute approximate surface area is 189 Å². The van der Waals surface area contributed by atoms with E-state index in [1.807, 2.05) is 6.92 Å². The largest absolute Gasteiger partial charge is 0.507 e. The third-order valence-electron chi connectivity index (χ3n) is 5.55. The van der Waals surface area contributed by atoms with Crippen LogP contribution in [-0.4, -0.2) is 28.8 Å². The molecule has 0 aliphatic carbocycles. The number of Topliss-reactive ketones (excluding diaryl/α,β-unsaturated/α-hetero) is 1. The maximum Gasteiger partial charge on any atom is 0.300 e. The third kappa shape index (κ3) is 3.82. The van der Waals surface area contributed by atoms with Crippen molar-refractivity contribution in [2.75, 3.05) is 12.0 Å². The predicted molar refractivity (Wildman–Crippen MR) is 122 cm³/mol. The summed E-state index contributed by atoms with van der Waals surface area (Å²) in [6.45, 7) is 1.88. The van der Waals surface area contributed by atoms with Crippen molar-refractivity contribution in [2.45, 2.75) is 13.0 Å². The third-order valence-corrected chi connectivity index (χ3v) is 5.55. The molecule has 1 fully saturated rings. The van der Waals surface area contributed by atoms with Gasteiger partial charge in [-0.3, -0.25) is 24.6 Å². The number of aliphatic hydroxyl groups excluding tert-OH is 1. The van der Waals surface area contributed by atoms with Crippen LogP contribution in [0.2, 0.25) is 0 Å². The maximum atomic E-state index is 13.2. The fourth-order valence-electron chi connectivity index (χ4n) is 3.89. The fourth-order valence-corrected chi connectivity index (χ4v) is 3.89. The summed E-state index contributed by atoms with van der Waals surface area (Å²) >= 11 is 0. The molecule has 1 amide bonds. The first kappa shape index (κ1) is 21.8. The van der Waals surface area contributed by atoms with Gasteiger partial charge in [-0.15, -0.1) is 0 Å². The molecule has 1 N–H and O–H groups in total. The van der Waals surface area contributed by atoms with E-state index in [9.17, 15) is 24.8 Å². The van der Waals surface area contributed by atoms with Crippen LogP contribution < -0.4 is 9.64 Å². The number of ether oxygens (including phenoxy) is 1. The van der Waals surface area contributed by atoms with Gasteiger partial charge in [0.25, 0.3) is 17.4 Å². The summed E-state index contributed by atoms with van der Waals surface area (Å²) in [5.41, 5.74) is 1.25. The van der Waals surface area contributed by atoms with Crippen molar-refractivity contribution >= 4 is 28.8 Å². The van der Waals surface area contributed by atoms with Gasteiger partial charge in [0.05, 0.1) is 23.2 Å². The van der Waals surface area contributed by atoms with Gasteiger partial charge in [-0.1, -0.05) is 29.8 Å². The number of anilines is 1. The molecule has 166 valence electrons. The smallest absolute Gasteiger partial charge is 0.300 e. The molecule has 8 nitrogen and oxygen atoms in total. The van der Waals surface area contributed by atoms with Crippen LogP contribution in [0.25, 0.3) is 5.76 Å². The van der Waals surface area contributed by atoms with Crippen molar-refractivity contribution in [3.8, 4) is 5.75 Å². The van der Waals surface area contributed by atoms with Gasteiger partial charge in [-0.2, -0.15) is 0 Å². The number of aliphatic hydroxyl groups is 1. The van der Waals surface area contributed by atoms with Crippen LogP contribution in [0, 0.1) is 17.0 Å². The first-order chi connectivity index (χ1) is 15.8. The van der Waals surface area contributed by atoms with E-state index in [0.29, 0.717) is 11.4 Å². The second-order valence-electron chi connectivity index (χ2n) is 7.55. The zero-order valence-corrected chi connectivity index (χ0v) is 17.9. The Morgan fingerprint density at radius 2 is 1.64 bits per heavy atom. The van der Waals surface area contributed by atoms with Crippen LogP contribution in [0.4, 0.5) is 11.4 Å². The summed E-state index contributed by atoms with van der Waals surface area (Å²) < 4.78 is 5.13. The topological polar surface area (TPSA) is 110 Å². The van der Waals surface area contributed by atoms with Crippen LogP contribution in [0.3, 0.4) is 0 Å². The molecule has 0 aromatic heterocycles. The number of para-hydroxylation sites is 1. The summed E-state index contributed by atoms with van der Waals surface area (Å²) in [6, 6.07) is 17.9. The number of hydrogen-bond donors (Lipinski definition) is 1. The van der Waals surface area contributed by atoms with Crippen molar-refractivity contribution in [1.29, 1.82) is 0 Å². The quantitative estimate of drug-likeness (QED) is 0.203. The van der Waals surface area contributed by atoms with E-state index in [4.69, 9.17) is 4.74 Å². The standard InChI is InChI=1S/C25H20N2O6/c1-15-7-11-17(12-8-15)26-22(19-5-3-4-6-20(19)27(31)32)21(24(29)25(26)30)23(28)16-9-13-18(33-2)14-10-16/h3-14,22,28H,1-2H3/b23-21-. The molecule has 0 spiro atoms. The summed E-state index contributed by atoms with van der Waals surface area (Å²) in [5.74, 6) is -1.68. The number of carbonyl (C=O) groups excluding carboxylic acids is 2. The SMILES string of the molecule is COc1ccc(/C(O)=C2/C(=O)C(=O)N(c3ccc(C)cc3)C2c2ccccc2[N+](=O)[O-])cc1. The second-order valence-corrected chi connectivity index (χ2v) is 7.55. The molecule has 1 aliphatic heterocycles. The van der Waals surface area contributed by atoms with Crippen LogP contribution in [0.15, 0.2) is 78.4 Å². The Morgan fingerprint density at radius 1 is 1.00 bits per heavy atom. The van der Waals surface area contributed by atoms with E-state index in [1.54, 1.807) is 54.6 Å². The van der Waals surface area contributed by atoms with E-state index in [2.05, 4.69) is 0 Å². The van der Waals surface area contributed by atoms with Gasteiger partial charge in [0, 0.05) is 17.3 Å². The van der Waals surface area contributed by atoms with Crippen LogP contribution >= 0.6 is 0 Å². The molecule has 1 atom stereocenters. The summed E-state index contributed by atoms with van der Waals surface area (Å²) in [7, 11) is 1.50.